The van der Waals surface area contributed by atoms with Crippen LogP contribution in [0.5, 0.6) is 0 Å². The number of hydrogen-bond acceptors (Lipinski definition) is 5. The van der Waals surface area contributed by atoms with E-state index < -0.39 is 30.7 Å². The van der Waals surface area contributed by atoms with Crippen LogP contribution >= 0.6 is 0 Å². The maximum Gasteiger partial charge on any atom is 0.336 e. The van der Waals surface area contributed by atoms with Crippen LogP contribution < -0.4 is 10.5 Å². The van der Waals surface area contributed by atoms with Gasteiger partial charge in [-0.2, -0.15) is 0 Å². The summed E-state index contributed by atoms with van der Waals surface area (Å²) in [7, 11) is 0. The Labute approximate surface area is 119 Å². The van der Waals surface area contributed by atoms with Crippen LogP contribution in [-0.2, 0) is 9.59 Å². The molecular formula is C14H12NO6. The van der Waals surface area contributed by atoms with E-state index in [1.54, 1.807) is 12.1 Å². The third-order valence-electron chi connectivity index (χ3n) is 2.83. The highest BCUT2D eigenvalue weighted by molar-refractivity contribution is 5.86. The van der Waals surface area contributed by atoms with Crippen molar-refractivity contribution < 1.29 is 24.2 Å². The van der Waals surface area contributed by atoms with Crippen molar-refractivity contribution in [2.45, 2.75) is 0 Å². The van der Waals surface area contributed by atoms with Crippen molar-refractivity contribution in [3.63, 3.8) is 0 Å². The normalized spacial score (nSPS) is 10.5. The fourth-order valence-electron chi connectivity index (χ4n) is 1.98. The lowest BCUT2D eigenvalue weighted by Gasteiger charge is -2.20. The number of rotatable bonds is 5. The number of carbonyl (C=O) groups is 2. The van der Waals surface area contributed by atoms with Crippen molar-refractivity contribution >= 4 is 28.6 Å². The van der Waals surface area contributed by atoms with Crippen molar-refractivity contribution in [1.82, 2.24) is 0 Å². The fourth-order valence-corrected chi connectivity index (χ4v) is 1.98. The van der Waals surface area contributed by atoms with Crippen LogP contribution in [0.15, 0.2) is 33.5 Å². The van der Waals surface area contributed by atoms with Crippen LogP contribution in [-0.4, -0.2) is 35.2 Å². The van der Waals surface area contributed by atoms with E-state index in [9.17, 15) is 14.4 Å². The summed E-state index contributed by atoms with van der Waals surface area (Å²) in [6.45, 7) is 2.76. The molecule has 1 aromatic heterocycles. The Bertz CT molecular complexity index is 748. The van der Waals surface area contributed by atoms with Gasteiger partial charge in [-0.25, -0.2) is 4.79 Å². The molecule has 7 nitrogen and oxygen atoms in total. The molecule has 0 unspecified atom stereocenters. The van der Waals surface area contributed by atoms with Gasteiger partial charge >= 0.3 is 17.6 Å². The van der Waals surface area contributed by atoms with Gasteiger partial charge in [-0.05, 0) is 24.6 Å². The highest BCUT2D eigenvalue weighted by Crippen LogP contribution is 2.23. The Balaban J connectivity index is 2.50. The summed E-state index contributed by atoms with van der Waals surface area (Å²) in [6.07, 6.45) is 0. The molecule has 0 spiro atoms. The smallest absolute Gasteiger partial charge is 0.336 e. The molecule has 0 saturated heterocycles. The van der Waals surface area contributed by atoms with Crippen LogP contribution in [0.4, 0.5) is 5.69 Å². The highest BCUT2D eigenvalue weighted by Gasteiger charge is 2.15. The molecule has 0 amide bonds. The largest absolute Gasteiger partial charge is 0.480 e. The van der Waals surface area contributed by atoms with Crippen LogP contribution in [0.1, 0.15) is 5.56 Å². The van der Waals surface area contributed by atoms with E-state index in [4.69, 9.17) is 14.6 Å². The number of aliphatic carboxylic acids is 2. The molecule has 2 rings (SSSR count). The SMILES string of the molecule is [CH2]c1cc(=O)oc2cc(N(CC(=O)O)CC(=O)O)ccc12. The van der Waals surface area contributed by atoms with Gasteiger partial charge in [-0.3, -0.25) is 9.59 Å². The number of fused-ring (bicyclic) bond motifs is 1. The molecule has 2 N–H and O–H groups in total. The predicted molar refractivity (Wildman–Crippen MR) is 74.4 cm³/mol. The van der Waals surface area contributed by atoms with Crippen LogP contribution in [0, 0.1) is 6.92 Å². The molecule has 0 bridgehead atoms. The van der Waals surface area contributed by atoms with Gasteiger partial charge in [0.25, 0.3) is 0 Å². The van der Waals surface area contributed by atoms with E-state index in [0.717, 1.165) is 4.90 Å². The molecule has 0 aliphatic heterocycles. The zero-order valence-electron chi connectivity index (χ0n) is 10.9. The summed E-state index contributed by atoms with van der Waals surface area (Å²) in [4.78, 5) is 34.1. The first-order valence-electron chi connectivity index (χ1n) is 5.95. The Morgan fingerprint density at radius 1 is 1.14 bits per heavy atom. The molecule has 0 saturated carbocycles. The molecule has 0 aliphatic carbocycles. The van der Waals surface area contributed by atoms with E-state index in [1.807, 2.05) is 0 Å². The van der Waals surface area contributed by atoms with E-state index >= 15 is 0 Å². The summed E-state index contributed by atoms with van der Waals surface area (Å²) in [5, 5.41) is 18.3. The Morgan fingerprint density at radius 2 is 1.76 bits per heavy atom. The highest BCUT2D eigenvalue weighted by atomic mass is 16.4. The number of benzene rings is 1. The molecule has 0 atom stereocenters. The van der Waals surface area contributed by atoms with Gasteiger partial charge in [0.05, 0.1) is 0 Å². The number of anilines is 1. The van der Waals surface area contributed by atoms with E-state index in [1.165, 1.54) is 12.1 Å². The second-order valence-electron chi connectivity index (χ2n) is 4.41. The Hall–Kier alpha value is -2.83. The van der Waals surface area contributed by atoms with Gasteiger partial charge in [0.1, 0.15) is 18.7 Å². The minimum Gasteiger partial charge on any atom is -0.480 e. The van der Waals surface area contributed by atoms with Gasteiger partial charge in [0.2, 0.25) is 0 Å². The molecule has 109 valence electrons. The molecule has 7 heteroatoms. The van der Waals surface area contributed by atoms with Crippen LogP contribution in [0.2, 0.25) is 0 Å². The van der Waals surface area contributed by atoms with E-state index in [0.29, 0.717) is 16.6 Å². The Kier molecular flexibility index (Phi) is 3.93. The summed E-state index contributed by atoms with van der Waals surface area (Å²) in [6, 6.07) is 5.83. The minimum absolute atomic E-state index is 0.228. The third-order valence-corrected chi connectivity index (χ3v) is 2.83. The van der Waals surface area contributed by atoms with E-state index in [2.05, 4.69) is 6.92 Å². The maximum absolute atomic E-state index is 11.3. The van der Waals surface area contributed by atoms with Crippen molar-refractivity contribution in [3.05, 3.63) is 47.2 Å². The standard InChI is InChI=1S/C14H12NO6/c1-8-4-14(20)21-11-5-9(2-3-10(8)11)15(6-12(16)17)7-13(18)19/h2-5H,1,6-7H2,(H,16,17)(H,18,19). The average Bonchev–Trinajstić information content (AvgIpc) is 2.35. The summed E-state index contributed by atoms with van der Waals surface area (Å²) < 4.78 is 5.03. The summed E-state index contributed by atoms with van der Waals surface area (Å²) in [5.41, 5.74) is 0.468. The molecule has 1 heterocycles. The molecule has 1 radical (unpaired) electrons. The summed E-state index contributed by atoms with van der Waals surface area (Å²) in [5.74, 6) is -2.33. The second-order valence-corrected chi connectivity index (χ2v) is 4.41. The van der Waals surface area contributed by atoms with Crippen LogP contribution in [0.25, 0.3) is 11.0 Å². The molecule has 1 aromatic carbocycles. The lowest BCUT2D eigenvalue weighted by molar-refractivity contribution is -0.136. The first-order valence-corrected chi connectivity index (χ1v) is 5.95. The van der Waals surface area contributed by atoms with Gasteiger partial charge in [0.15, 0.2) is 0 Å². The van der Waals surface area contributed by atoms with Gasteiger partial charge in [-0.15, -0.1) is 0 Å². The number of carboxylic acids is 2. The van der Waals surface area contributed by atoms with Gasteiger partial charge in [-0.1, -0.05) is 0 Å². The third kappa shape index (κ3) is 3.38. The lowest BCUT2D eigenvalue weighted by Crippen LogP contribution is -2.34. The molecule has 0 aliphatic rings. The van der Waals surface area contributed by atoms with Crippen LogP contribution in [0.3, 0.4) is 0 Å². The molecular weight excluding hydrogens is 278 g/mol. The second kappa shape index (κ2) is 5.66. The summed E-state index contributed by atoms with van der Waals surface area (Å²) >= 11 is 0. The fraction of sp³-hybridized carbons (Fsp3) is 0.143. The first kappa shape index (κ1) is 14.6. The van der Waals surface area contributed by atoms with Crippen molar-refractivity contribution in [1.29, 1.82) is 0 Å². The van der Waals surface area contributed by atoms with E-state index in [-0.39, 0.29) is 5.58 Å². The topological polar surface area (TPSA) is 108 Å². The van der Waals surface area contributed by atoms with Gasteiger partial charge in [0, 0.05) is 23.2 Å². The van der Waals surface area contributed by atoms with Gasteiger partial charge < -0.3 is 19.5 Å². The predicted octanol–water partition coefficient (Wildman–Crippen LogP) is 0.951. The Morgan fingerprint density at radius 3 is 2.33 bits per heavy atom. The zero-order chi connectivity index (χ0) is 15.6. The first-order chi connectivity index (χ1) is 9.86. The monoisotopic (exact) mass is 290 g/mol. The number of carboxylic acid groups (broad SMARTS) is 2. The van der Waals surface area contributed by atoms with Crippen molar-refractivity contribution in [2.24, 2.45) is 0 Å². The van der Waals surface area contributed by atoms with Crippen molar-refractivity contribution in [2.75, 3.05) is 18.0 Å². The van der Waals surface area contributed by atoms with Crippen molar-refractivity contribution in [3.8, 4) is 0 Å². The minimum atomic E-state index is -1.16. The molecule has 2 aromatic rings. The maximum atomic E-state index is 11.3. The molecule has 21 heavy (non-hydrogen) atoms. The lowest BCUT2D eigenvalue weighted by atomic mass is 10.1. The number of hydrogen-bond donors (Lipinski definition) is 2. The quantitative estimate of drug-likeness (QED) is 0.789. The number of nitrogens with zero attached hydrogens (tertiary/aromatic N) is 1. The average molecular weight is 290 g/mol. The molecule has 0 fully saturated rings. The zero-order valence-corrected chi connectivity index (χ0v) is 10.9.